The second kappa shape index (κ2) is 16.8. The van der Waals surface area contributed by atoms with Gasteiger partial charge in [0.25, 0.3) is 0 Å². The maximum absolute atomic E-state index is 2.58. The van der Waals surface area contributed by atoms with Crippen molar-refractivity contribution in [2.24, 2.45) is 11.8 Å². The van der Waals surface area contributed by atoms with Crippen molar-refractivity contribution >= 4 is 66.3 Å². The highest BCUT2D eigenvalue weighted by Gasteiger charge is 2.31. The highest BCUT2D eigenvalue weighted by atomic mass is 15.2. The van der Waals surface area contributed by atoms with Gasteiger partial charge in [-0.2, -0.15) is 0 Å². The van der Waals surface area contributed by atoms with E-state index in [2.05, 4.69) is 240 Å². The Balaban J connectivity index is 1.09. The zero-order valence-electron chi connectivity index (χ0n) is 39.2. The Morgan fingerprint density at radius 1 is 0.414 bits per heavy atom. The van der Waals surface area contributed by atoms with E-state index < -0.39 is 0 Å². The number of anilines is 5. The molecule has 0 bridgehead atoms. The lowest BCUT2D eigenvalue weighted by atomic mass is 9.74. The summed E-state index contributed by atoms with van der Waals surface area (Å²) in [6.45, 7) is 0. The first-order chi connectivity index (χ1) is 34.7. The fourth-order valence-corrected chi connectivity index (χ4v) is 12.6. The normalized spacial score (nSPS) is 18.0. The number of hydrogen-bond acceptors (Lipinski definition) is 2. The molecule has 2 heteroatoms. The highest BCUT2D eigenvalue weighted by Crippen LogP contribution is 2.52. The lowest BCUT2D eigenvalue weighted by molar-refractivity contribution is 0.679. The van der Waals surface area contributed by atoms with Crippen LogP contribution >= 0.6 is 0 Å². The van der Waals surface area contributed by atoms with E-state index in [1.807, 2.05) is 0 Å². The van der Waals surface area contributed by atoms with Crippen molar-refractivity contribution in [3.8, 4) is 22.3 Å². The summed E-state index contributed by atoms with van der Waals surface area (Å²) >= 11 is 0. The first kappa shape index (κ1) is 40.8. The van der Waals surface area contributed by atoms with Crippen LogP contribution in [-0.2, 0) is 19.3 Å². The summed E-state index contributed by atoms with van der Waals surface area (Å²) in [6, 6.07) is 66.8. The SMILES string of the molecule is C1=CC2C=CC=C(c3c4cc(N5C6=C(CCC=C6)CCc6ccccc65)ccc4c(-c4cccc(-c5cccc6ccccc56)c4)c4cc(N5c6ccccc6CCc6ccccc65)ccc34)C2C=C1. The molecule has 0 spiro atoms. The molecule has 0 saturated carbocycles. The molecule has 0 fully saturated rings. The van der Waals surface area contributed by atoms with Gasteiger partial charge in [0.05, 0.1) is 0 Å². The number of para-hydroxylation sites is 3. The van der Waals surface area contributed by atoms with E-state index in [0.29, 0.717) is 0 Å². The molecule has 0 saturated heterocycles. The Bertz CT molecular complexity index is 3760. The van der Waals surface area contributed by atoms with Crippen LogP contribution in [-0.4, -0.2) is 0 Å². The third-order valence-corrected chi connectivity index (χ3v) is 15.8. The van der Waals surface area contributed by atoms with Crippen LogP contribution in [0.4, 0.5) is 28.4 Å². The minimum absolute atomic E-state index is 0.212. The summed E-state index contributed by atoms with van der Waals surface area (Å²) in [6.07, 6.45) is 27.5. The molecule has 0 N–H and O–H groups in total. The number of rotatable bonds is 5. The smallest absolute Gasteiger partial charge is 0.0493 e. The fourth-order valence-electron chi connectivity index (χ4n) is 12.6. The molecule has 0 radical (unpaired) electrons. The summed E-state index contributed by atoms with van der Waals surface area (Å²) in [5, 5.41) is 7.58. The van der Waals surface area contributed by atoms with E-state index >= 15 is 0 Å². The Hall–Kier alpha value is -8.20. The van der Waals surface area contributed by atoms with Crippen molar-refractivity contribution in [3.05, 3.63) is 264 Å². The summed E-state index contributed by atoms with van der Waals surface area (Å²) < 4.78 is 0. The maximum atomic E-state index is 2.58. The molecule has 2 aliphatic heterocycles. The molecule has 2 heterocycles. The molecule has 0 aromatic heterocycles. The van der Waals surface area contributed by atoms with Crippen LogP contribution in [0.25, 0.3) is 60.1 Å². The second-order valence-corrected chi connectivity index (χ2v) is 19.7. The lowest BCUT2D eigenvalue weighted by Gasteiger charge is -2.32. The average molecular weight is 897 g/mol. The molecule has 334 valence electrons. The average Bonchev–Trinajstić information content (AvgIpc) is 3.70. The molecule has 2 nitrogen and oxygen atoms in total. The highest BCUT2D eigenvalue weighted by molar-refractivity contribution is 6.21. The van der Waals surface area contributed by atoms with Gasteiger partial charge in [-0.25, -0.2) is 0 Å². The molecule has 2 atom stereocenters. The van der Waals surface area contributed by atoms with Crippen LogP contribution in [0, 0.1) is 11.8 Å². The topological polar surface area (TPSA) is 6.48 Å². The molecule has 2 unspecified atom stereocenters. The Morgan fingerprint density at radius 3 is 1.80 bits per heavy atom. The third-order valence-electron chi connectivity index (χ3n) is 15.8. The van der Waals surface area contributed by atoms with Crippen LogP contribution < -0.4 is 9.80 Å². The number of hydrogen-bond donors (Lipinski definition) is 0. The molecule has 0 amide bonds. The molecular formula is C68H52N2. The zero-order chi connectivity index (χ0) is 46.1. The molecular weight excluding hydrogens is 845 g/mol. The van der Waals surface area contributed by atoms with Gasteiger partial charge >= 0.3 is 0 Å². The minimum atomic E-state index is 0.212. The number of fused-ring (bicyclic) bond motifs is 7. The van der Waals surface area contributed by atoms with Gasteiger partial charge < -0.3 is 9.80 Å². The van der Waals surface area contributed by atoms with Crippen molar-refractivity contribution < 1.29 is 0 Å². The van der Waals surface area contributed by atoms with Gasteiger partial charge in [-0.05, 0) is 181 Å². The van der Waals surface area contributed by atoms with Gasteiger partial charge in [0.2, 0.25) is 0 Å². The van der Waals surface area contributed by atoms with E-state index in [-0.39, 0.29) is 11.8 Å². The van der Waals surface area contributed by atoms with Gasteiger partial charge in [-0.1, -0.05) is 176 Å². The Morgan fingerprint density at radius 2 is 1.01 bits per heavy atom. The number of benzene rings is 9. The number of allylic oxidation sites excluding steroid dienone is 11. The van der Waals surface area contributed by atoms with E-state index in [1.165, 1.54) is 117 Å². The van der Waals surface area contributed by atoms with Crippen LogP contribution in [0.2, 0.25) is 0 Å². The standard InChI is InChI=1S/C68H52N2/c1-7-26-55-45(16-1)22-14-28-57(55)51-24-13-25-52(42-51)67-59-40-38-54(70-65-32-11-5-20-49(65)36-37-50-21-6-12-33-66(50)70)44-62(59)68(58-29-15-23-46-17-2-8-27-56(46)58)60-41-39-53(43-61(60)67)69-63-30-9-3-18-47(63)34-35-48-19-4-10-31-64(48)69/h1-5,7-20,22-33,38-44,46,56H,6,21,34-37H2. The number of nitrogens with zero attached hydrogens (tertiary/aromatic N) is 2. The predicted octanol–water partition coefficient (Wildman–Crippen LogP) is 18.0. The Labute approximate surface area is 410 Å². The van der Waals surface area contributed by atoms with Crippen molar-refractivity contribution in [2.75, 3.05) is 9.80 Å². The van der Waals surface area contributed by atoms with Crippen molar-refractivity contribution in [1.29, 1.82) is 0 Å². The van der Waals surface area contributed by atoms with E-state index in [9.17, 15) is 0 Å². The largest absolute Gasteiger partial charge is 0.310 e. The monoisotopic (exact) mass is 896 g/mol. The van der Waals surface area contributed by atoms with Gasteiger partial charge in [0.1, 0.15) is 0 Å². The van der Waals surface area contributed by atoms with Gasteiger partial charge in [0.15, 0.2) is 0 Å². The zero-order valence-corrected chi connectivity index (χ0v) is 39.2. The molecule has 14 rings (SSSR count). The van der Waals surface area contributed by atoms with Crippen molar-refractivity contribution in [2.45, 2.75) is 38.5 Å². The first-order valence-corrected chi connectivity index (χ1v) is 25.3. The fraction of sp³-hybridized carbons (Fsp3) is 0.118. The molecule has 9 aromatic carbocycles. The summed E-state index contributed by atoms with van der Waals surface area (Å²) in [7, 11) is 0. The molecule has 5 aliphatic rings. The van der Waals surface area contributed by atoms with Crippen LogP contribution in [0.15, 0.2) is 242 Å². The lowest BCUT2D eigenvalue weighted by Crippen LogP contribution is -2.18. The van der Waals surface area contributed by atoms with Crippen LogP contribution in [0.5, 0.6) is 0 Å². The quantitative estimate of drug-likeness (QED) is 0.159. The van der Waals surface area contributed by atoms with E-state index in [4.69, 9.17) is 0 Å². The van der Waals surface area contributed by atoms with Crippen LogP contribution in [0.1, 0.15) is 41.5 Å². The Kier molecular flexibility index (Phi) is 9.79. The summed E-state index contributed by atoms with van der Waals surface area (Å²) in [4.78, 5) is 5.12. The summed E-state index contributed by atoms with van der Waals surface area (Å²) in [5.41, 5.74) is 20.8. The van der Waals surface area contributed by atoms with Crippen molar-refractivity contribution in [1.82, 2.24) is 0 Å². The molecule has 9 aromatic rings. The summed E-state index contributed by atoms with van der Waals surface area (Å²) in [5.74, 6) is 0.501. The maximum Gasteiger partial charge on any atom is 0.0493 e. The number of aryl methyl sites for hydroxylation is 3. The van der Waals surface area contributed by atoms with Gasteiger partial charge in [-0.15, -0.1) is 0 Å². The predicted molar refractivity (Wildman–Crippen MR) is 297 cm³/mol. The minimum Gasteiger partial charge on any atom is -0.310 e. The third kappa shape index (κ3) is 6.69. The van der Waals surface area contributed by atoms with Crippen LogP contribution in [0.3, 0.4) is 0 Å². The molecule has 3 aliphatic carbocycles. The second-order valence-electron chi connectivity index (χ2n) is 19.7. The van der Waals surface area contributed by atoms with Gasteiger partial charge in [0, 0.05) is 46.0 Å². The van der Waals surface area contributed by atoms with E-state index in [0.717, 1.165) is 38.5 Å². The van der Waals surface area contributed by atoms with Gasteiger partial charge in [-0.3, -0.25) is 0 Å². The first-order valence-electron chi connectivity index (χ1n) is 25.3. The van der Waals surface area contributed by atoms with Crippen molar-refractivity contribution in [3.63, 3.8) is 0 Å². The van der Waals surface area contributed by atoms with E-state index in [1.54, 1.807) is 5.57 Å². The molecule has 70 heavy (non-hydrogen) atoms.